The van der Waals surface area contributed by atoms with E-state index in [0.29, 0.717) is 12.8 Å². The Labute approximate surface area is 103 Å². The van der Waals surface area contributed by atoms with E-state index in [4.69, 9.17) is 4.74 Å². The Balaban J connectivity index is 2.24. The van der Waals surface area contributed by atoms with E-state index >= 15 is 0 Å². The van der Waals surface area contributed by atoms with Crippen LogP contribution in [0.2, 0.25) is 0 Å². The van der Waals surface area contributed by atoms with Crippen LogP contribution in [0.25, 0.3) is 0 Å². The SMILES string of the molecule is O=[N+]([O-])c1cccc(F)c1O[C@H]1CCCC[C@@H]1O. The molecule has 0 heterocycles. The molecular weight excluding hydrogens is 241 g/mol. The van der Waals surface area contributed by atoms with Gasteiger partial charge in [-0.25, -0.2) is 4.39 Å². The number of para-hydroxylation sites is 1. The molecule has 0 spiro atoms. The van der Waals surface area contributed by atoms with E-state index in [0.717, 1.165) is 18.9 Å². The smallest absolute Gasteiger partial charge is 0.314 e. The molecule has 1 aliphatic rings. The summed E-state index contributed by atoms with van der Waals surface area (Å²) in [6.45, 7) is 0. The number of hydrogen-bond donors (Lipinski definition) is 1. The van der Waals surface area contributed by atoms with E-state index in [1.54, 1.807) is 0 Å². The topological polar surface area (TPSA) is 72.6 Å². The second-order valence-corrected chi connectivity index (χ2v) is 4.35. The number of halogens is 1. The van der Waals surface area contributed by atoms with Gasteiger partial charge in [0.25, 0.3) is 0 Å². The standard InChI is InChI=1S/C12H14FNO4/c13-8-4-3-5-9(14(16)17)12(8)18-11-7-2-1-6-10(11)15/h3-5,10-11,15H,1-2,6-7H2/t10-,11-/m0/s1. The van der Waals surface area contributed by atoms with Gasteiger partial charge in [-0.1, -0.05) is 12.5 Å². The van der Waals surface area contributed by atoms with Crippen molar-refractivity contribution in [1.29, 1.82) is 0 Å². The van der Waals surface area contributed by atoms with E-state index < -0.39 is 28.6 Å². The van der Waals surface area contributed by atoms with Crippen molar-refractivity contribution in [3.05, 3.63) is 34.1 Å². The van der Waals surface area contributed by atoms with Gasteiger partial charge in [0.2, 0.25) is 5.75 Å². The Morgan fingerprint density at radius 1 is 1.39 bits per heavy atom. The van der Waals surface area contributed by atoms with Crippen LogP contribution in [-0.2, 0) is 0 Å². The number of aliphatic hydroxyl groups excluding tert-OH is 1. The van der Waals surface area contributed by atoms with Gasteiger partial charge in [-0.2, -0.15) is 0 Å². The maximum Gasteiger partial charge on any atom is 0.314 e. The molecule has 0 amide bonds. The Kier molecular flexibility index (Phi) is 3.76. The maximum absolute atomic E-state index is 13.6. The van der Waals surface area contributed by atoms with Crippen molar-refractivity contribution in [2.75, 3.05) is 0 Å². The summed E-state index contributed by atoms with van der Waals surface area (Å²) in [5.41, 5.74) is -0.409. The van der Waals surface area contributed by atoms with Gasteiger partial charge in [0.05, 0.1) is 11.0 Å². The van der Waals surface area contributed by atoms with Crippen LogP contribution >= 0.6 is 0 Å². The minimum absolute atomic E-state index is 0.381. The number of nitrogens with zero attached hydrogens (tertiary/aromatic N) is 1. The molecule has 98 valence electrons. The summed E-state index contributed by atoms with van der Waals surface area (Å²) in [6.07, 6.45) is 1.64. The second-order valence-electron chi connectivity index (χ2n) is 4.35. The zero-order valence-electron chi connectivity index (χ0n) is 9.71. The fourth-order valence-corrected chi connectivity index (χ4v) is 2.12. The van der Waals surface area contributed by atoms with Crippen LogP contribution in [0, 0.1) is 15.9 Å². The second kappa shape index (κ2) is 5.30. The van der Waals surface area contributed by atoms with Crippen molar-refractivity contribution < 1.29 is 19.2 Å². The van der Waals surface area contributed by atoms with Gasteiger partial charge in [-0.05, 0) is 25.3 Å². The van der Waals surface area contributed by atoms with Gasteiger partial charge in [0, 0.05) is 6.07 Å². The molecule has 1 saturated carbocycles. The summed E-state index contributed by atoms with van der Waals surface area (Å²) in [6, 6.07) is 3.56. The highest BCUT2D eigenvalue weighted by atomic mass is 19.1. The lowest BCUT2D eigenvalue weighted by molar-refractivity contribution is -0.386. The fraction of sp³-hybridized carbons (Fsp3) is 0.500. The number of nitro benzene ring substituents is 1. The number of rotatable bonds is 3. The van der Waals surface area contributed by atoms with Crippen molar-refractivity contribution in [2.24, 2.45) is 0 Å². The molecule has 1 N–H and O–H groups in total. The molecule has 5 nitrogen and oxygen atoms in total. The molecule has 0 unspecified atom stereocenters. The normalized spacial score (nSPS) is 23.7. The number of hydrogen-bond acceptors (Lipinski definition) is 4. The molecule has 0 saturated heterocycles. The van der Waals surface area contributed by atoms with Crippen LogP contribution in [0.3, 0.4) is 0 Å². The highest BCUT2D eigenvalue weighted by Gasteiger charge is 2.29. The fourth-order valence-electron chi connectivity index (χ4n) is 2.12. The molecule has 1 fully saturated rings. The van der Waals surface area contributed by atoms with Gasteiger partial charge in [0.1, 0.15) is 6.10 Å². The Hall–Kier alpha value is -1.69. The highest BCUT2D eigenvalue weighted by molar-refractivity contribution is 5.47. The molecule has 0 aromatic heterocycles. The van der Waals surface area contributed by atoms with E-state index in [2.05, 4.69) is 0 Å². The molecule has 0 radical (unpaired) electrons. The minimum atomic E-state index is -0.776. The van der Waals surface area contributed by atoms with Gasteiger partial charge < -0.3 is 9.84 Å². The first-order valence-electron chi connectivity index (χ1n) is 5.87. The zero-order valence-corrected chi connectivity index (χ0v) is 9.71. The predicted octanol–water partition coefficient (Wildman–Crippen LogP) is 2.42. The van der Waals surface area contributed by atoms with E-state index in [-0.39, 0.29) is 5.75 Å². The molecule has 0 bridgehead atoms. The first-order valence-corrected chi connectivity index (χ1v) is 5.87. The van der Waals surface area contributed by atoms with Crippen molar-refractivity contribution >= 4 is 5.69 Å². The molecule has 0 aliphatic heterocycles. The van der Waals surface area contributed by atoms with E-state index in [9.17, 15) is 19.6 Å². The van der Waals surface area contributed by atoms with Gasteiger partial charge in [-0.3, -0.25) is 10.1 Å². The van der Waals surface area contributed by atoms with Crippen molar-refractivity contribution in [1.82, 2.24) is 0 Å². The van der Waals surface area contributed by atoms with Crippen LogP contribution in [-0.4, -0.2) is 22.2 Å². The summed E-state index contributed by atoms with van der Waals surface area (Å²) >= 11 is 0. The molecule has 2 atom stereocenters. The van der Waals surface area contributed by atoms with Crippen LogP contribution in [0.5, 0.6) is 5.75 Å². The summed E-state index contributed by atoms with van der Waals surface area (Å²) < 4.78 is 18.9. The summed E-state index contributed by atoms with van der Waals surface area (Å²) in [7, 11) is 0. The molecule has 2 rings (SSSR count). The van der Waals surface area contributed by atoms with Crippen molar-refractivity contribution in [3.63, 3.8) is 0 Å². The predicted molar refractivity (Wildman–Crippen MR) is 61.9 cm³/mol. The zero-order chi connectivity index (χ0) is 13.1. The van der Waals surface area contributed by atoms with Gasteiger partial charge in [0.15, 0.2) is 5.82 Å². The lowest BCUT2D eigenvalue weighted by Gasteiger charge is -2.28. The number of aliphatic hydroxyl groups is 1. The molecular formula is C12H14FNO4. The third-order valence-corrected chi connectivity index (χ3v) is 3.08. The summed E-state index contributed by atoms with van der Waals surface area (Å²) in [5.74, 6) is -1.16. The van der Waals surface area contributed by atoms with Crippen molar-refractivity contribution in [3.8, 4) is 5.75 Å². The quantitative estimate of drug-likeness (QED) is 0.665. The van der Waals surface area contributed by atoms with Gasteiger partial charge >= 0.3 is 5.69 Å². The third-order valence-electron chi connectivity index (χ3n) is 3.08. The van der Waals surface area contributed by atoms with Crippen LogP contribution in [0.1, 0.15) is 25.7 Å². The molecule has 6 heteroatoms. The molecule has 1 aromatic carbocycles. The van der Waals surface area contributed by atoms with Crippen LogP contribution in [0.4, 0.5) is 10.1 Å². The average Bonchev–Trinajstić information content (AvgIpc) is 2.34. The monoisotopic (exact) mass is 255 g/mol. The first kappa shape index (κ1) is 12.8. The lowest BCUT2D eigenvalue weighted by Crippen LogP contribution is -2.35. The minimum Gasteiger partial charge on any atom is -0.479 e. The Bertz CT molecular complexity index is 452. The van der Waals surface area contributed by atoms with E-state index in [1.165, 1.54) is 12.1 Å². The molecule has 1 aliphatic carbocycles. The summed E-state index contributed by atoms with van der Waals surface area (Å²) in [4.78, 5) is 10.1. The largest absolute Gasteiger partial charge is 0.479 e. The average molecular weight is 255 g/mol. The lowest BCUT2D eigenvalue weighted by atomic mass is 9.95. The third kappa shape index (κ3) is 2.59. The summed E-state index contributed by atoms with van der Waals surface area (Å²) in [5, 5.41) is 20.5. The number of ether oxygens (including phenoxy) is 1. The molecule has 18 heavy (non-hydrogen) atoms. The van der Waals surface area contributed by atoms with Crippen LogP contribution in [0.15, 0.2) is 18.2 Å². The first-order chi connectivity index (χ1) is 8.59. The Morgan fingerprint density at radius 2 is 2.11 bits per heavy atom. The van der Waals surface area contributed by atoms with Crippen molar-refractivity contribution in [2.45, 2.75) is 37.9 Å². The number of nitro groups is 1. The van der Waals surface area contributed by atoms with Crippen LogP contribution < -0.4 is 4.74 Å². The van der Waals surface area contributed by atoms with E-state index in [1.807, 2.05) is 0 Å². The molecule has 1 aromatic rings. The maximum atomic E-state index is 13.6. The van der Waals surface area contributed by atoms with Gasteiger partial charge in [-0.15, -0.1) is 0 Å². The highest BCUT2D eigenvalue weighted by Crippen LogP contribution is 2.33. The Morgan fingerprint density at radius 3 is 2.78 bits per heavy atom. The number of benzene rings is 1.